The van der Waals surface area contributed by atoms with Crippen LogP contribution >= 0.6 is 11.6 Å². The normalized spacial score (nSPS) is 10.9. The lowest BCUT2D eigenvalue weighted by Gasteiger charge is -2.14. The van der Waals surface area contributed by atoms with Crippen LogP contribution in [0, 0.1) is 0 Å². The molecule has 0 aliphatic rings. The SMILES string of the molecule is CCOc1cc(/C=N\NC(=O)c2ccccc2Cl)ccc1OC(C)C. The molecule has 0 saturated heterocycles. The molecule has 0 aliphatic heterocycles. The predicted molar refractivity (Wildman–Crippen MR) is 99.9 cm³/mol. The summed E-state index contributed by atoms with van der Waals surface area (Å²) in [6, 6.07) is 12.3. The molecule has 0 spiro atoms. The first kappa shape index (κ1) is 18.8. The molecule has 2 aromatic carbocycles. The summed E-state index contributed by atoms with van der Waals surface area (Å²) >= 11 is 5.99. The highest BCUT2D eigenvalue weighted by Gasteiger charge is 2.09. The number of nitrogens with zero attached hydrogens (tertiary/aromatic N) is 1. The number of ether oxygens (including phenoxy) is 2. The van der Waals surface area contributed by atoms with Crippen LogP contribution in [0.1, 0.15) is 36.7 Å². The Morgan fingerprint density at radius 3 is 2.68 bits per heavy atom. The molecule has 25 heavy (non-hydrogen) atoms. The summed E-state index contributed by atoms with van der Waals surface area (Å²) in [6.45, 7) is 6.34. The van der Waals surface area contributed by atoms with Crippen molar-refractivity contribution in [3.63, 3.8) is 0 Å². The number of hydrazone groups is 1. The molecule has 5 nitrogen and oxygen atoms in total. The topological polar surface area (TPSA) is 59.9 Å². The van der Waals surface area contributed by atoms with E-state index >= 15 is 0 Å². The molecule has 0 aromatic heterocycles. The molecule has 0 bridgehead atoms. The second kappa shape index (κ2) is 9.08. The van der Waals surface area contributed by atoms with Gasteiger partial charge in [-0.25, -0.2) is 5.43 Å². The van der Waals surface area contributed by atoms with Crippen LogP contribution in [0.3, 0.4) is 0 Å². The molecule has 0 aliphatic carbocycles. The molecule has 1 amide bonds. The quantitative estimate of drug-likeness (QED) is 0.592. The number of carbonyl (C=O) groups excluding carboxylic acids is 1. The van der Waals surface area contributed by atoms with Gasteiger partial charge in [0.15, 0.2) is 11.5 Å². The van der Waals surface area contributed by atoms with Crippen LogP contribution in [0.4, 0.5) is 0 Å². The first-order valence-electron chi connectivity index (χ1n) is 8.02. The highest BCUT2D eigenvalue weighted by Crippen LogP contribution is 2.29. The lowest BCUT2D eigenvalue weighted by atomic mass is 10.2. The van der Waals surface area contributed by atoms with E-state index in [1.807, 2.05) is 39.0 Å². The average Bonchev–Trinajstić information content (AvgIpc) is 2.57. The van der Waals surface area contributed by atoms with E-state index in [0.29, 0.717) is 28.7 Å². The summed E-state index contributed by atoms with van der Waals surface area (Å²) < 4.78 is 11.3. The molecular weight excluding hydrogens is 340 g/mol. The summed E-state index contributed by atoms with van der Waals surface area (Å²) in [5, 5.41) is 4.35. The summed E-state index contributed by atoms with van der Waals surface area (Å²) in [7, 11) is 0. The Morgan fingerprint density at radius 1 is 1.24 bits per heavy atom. The average molecular weight is 361 g/mol. The maximum absolute atomic E-state index is 12.0. The van der Waals surface area contributed by atoms with E-state index in [1.165, 1.54) is 6.21 Å². The van der Waals surface area contributed by atoms with Crippen molar-refractivity contribution in [2.24, 2.45) is 5.10 Å². The van der Waals surface area contributed by atoms with E-state index in [9.17, 15) is 4.79 Å². The van der Waals surface area contributed by atoms with Gasteiger partial charge in [-0.1, -0.05) is 23.7 Å². The van der Waals surface area contributed by atoms with Crippen LogP contribution in [0.15, 0.2) is 47.6 Å². The van der Waals surface area contributed by atoms with Crippen molar-refractivity contribution in [3.05, 3.63) is 58.6 Å². The van der Waals surface area contributed by atoms with Gasteiger partial charge >= 0.3 is 0 Å². The smallest absolute Gasteiger partial charge is 0.272 e. The minimum Gasteiger partial charge on any atom is -0.490 e. The number of carbonyl (C=O) groups is 1. The third-order valence-electron chi connectivity index (χ3n) is 3.13. The van der Waals surface area contributed by atoms with Gasteiger partial charge < -0.3 is 9.47 Å². The van der Waals surface area contributed by atoms with Crippen molar-refractivity contribution in [2.75, 3.05) is 6.61 Å². The van der Waals surface area contributed by atoms with Crippen LogP contribution < -0.4 is 14.9 Å². The highest BCUT2D eigenvalue weighted by molar-refractivity contribution is 6.33. The van der Waals surface area contributed by atoms with Gasteiger partial charge in [-0.2, -0.15) is 5.10 Å². The molecule has 0 radical (unpaired) electrons. The fraction of sp³-hybridized carbons (Fsp3) is 0.263. The van der Waals surface area contributed by atoms with Gasteiger partial charge in [-0.05, 0) is 56.7 Å². The zero-order chi connectivity index (χ0) is 18.2. The van der Waals surface area contributed by atoms with Crippen LogP contribution in [0.2, 0.25) is 5.02 Å². The van der Waals surface area contributed by atoms with Gasteiger partial charge in [0.25, 0.3) is 5.91 Å². The minimum absolute atomic E-state index is 0.0497. The molecule has 2 rings (SSSR count). The fourth-order valence-corrected chi connectivity index (χ4v) is 2.32. The maximum atomic E-state index is 12.0. The summed E-state index contributed by atoms with van der Waals surface area (Å²) in [5.74, 6) is 0.943. The molecule has 0 saturated carbocycles. The lowest BCUT2D eigenvalue weighted by molar-refractivity contribution is 0.0955. The Kier molecular flexibility index (Phi) is 6.83. The maximum Gasteiger partial charge on any atom is 0.272 e. The Bertz CT molecular complexity index is 760. The molecule has 0 unspecified atom stereocenters. The summed E-state index contributed by atoms with van der Waals surface area (Å²) in [5.41, 5.74) is 3.61. The zero-order valence-corrected chi connectivity index (χ0v) is 15.2. The first-order chi connectivity index (χ1) is 12.0. The Labute approximate surface area is 152 Å². The minimum atomic E-state index is -0.369. The number of nitrogens with one attached hydrogen (secondary N) is 1. The van der Waals surface area contributed by atoms with Crippen LogP contribution in [0.25, 0.3) is 0 Å². The third-order valence-corrected chi connectivity index (χ3v) is 3.46. The second-order valence-electron chi connectivity index (χ2n) is 5.48. The predicted octanol–water partition coefficient (Wildman–Crippen LogP) is 4.29. The number of hydrogen-bond donors (Lipinski definition) is 1. The molecule has 0 heterocycles. The number of amides is 1. The van der Waals surface area contributed by atoms with Gasteiger partial charge in [0.05, 0.1) is 29.5 Å². The van der Waals surface area contributed by atoms with Crippen LogP contribution in [0.5, 0.6) is 11.5 Å². The third kappa shape index (κ3) is 5.50. The van der Waals surface area contributed by atoms with Crippen LogP contribution in [-0.4, -0.2) is 24.8 Å². The Hall–Kier alpha value is -2.53. The molecule has 6 heteroatoms. The van der Waals surface area contributed by atoms with Crippen LogP contribution in [-0.2, 0) is 0 Å². The lowest BCUT2D eigenvalue weighted by Crippen LogP contribution is -2.17. The number of hydrogen-bond acceptors (Lipinski definition) is 4. The van der Waals surface area contributed by atoms with Gasteiger partial charge in [0.2, 0.25) is 0 Å². The largest absolute Gasteiger partial charge is 0.490 e. The summed E-state index contributed by atoms with van der Waals surface area (Å²) in [4.78, 5) is 12.0. The van der Waals surface area contributed by atoms with E-state index in [2.05, 4.69) is 10.5 Å². The zero-order valence-electron chi connectivity index (χ0n) is 14.5. The molecule has 132 valence electrons. The molecular formula is C19H21ClN2O3. The van der Waals surface area contributed by atoms with Crippen molar-refractivity contribution < 1.29 is 14.3 Å². The van der Waals surface area contributed by atoms with E-state index in [1.54, 1.807) is 24.3 Å². The molecule has 0 atom stereocenters. The van der Waals surface area contributed by atoms with Crippen molar-refractivity contribution in [1.29, 1.82) is 0 Å². The van der Waals surface area contributed by atoms with E-state index in [4.69, 9.17) is 21.1 Å². The van der Waals surface area contributed by atoms with E-state index < -0.39 is 0 Å². The molecule has 1 N–H and O–H groups in total. The van der Waals surface area contributed by atoms with E-state index in [-0.39, 0.29) is 12.0 Å². The number of rotatable bonds is 7. The van der Waals surface area contributed by atoms with Crippen molar-refractivity contribution >= 4 is 23.7 Å². The van der Waals surface area contributed by atoms with Crippen molar-refractivity contribution in [3.8, 4) is 11.5 Å². The Morgan fingerprint density at radius 2 is 2.00 bits per heavy atom. The van der Waals surface area contributed by atoms with Crippen molar-refractivity contribution in [2.45, 2.75) is 26.9 Å². The van der Waals surface area contributed by atoms with Gasteiger partial charge in [0.1, 0.15) is 0 Å². The van der Waals surface area contributed by atoms with Gasteiger partial charge in [0, 0.05) is 0 Å². The monoisotopic (exact) mass is 360 g/mol. The summed E-state index contributed by atoms with van der Waals surface area (Å²) in [6.07, 6.45) is 1.59. The molecule has 0 fully saturated rings. The standard InChI is InChI=1S/C19H21ClN2O3/c1-4-24-18-11-14(9-10-17(18)25-13(2)3)12-21-22-19(23)15-7-5-6-8-16(15)20/h5-13H,4H2,1-3H3,(H,22,23)/b21-12-. The van der Waals surface area contributed by atoms with Crippen molar-refractivity contribution in [1.82, 2.24) is 5.43 Å². The van der Waals surface area contributed by atoms with E-state index in [0.717, 1.165) is 5.56 Å². The highest BCUT2D eigenvalue weighted by atomic mass is 35.5. The Balaban J connectivity index is 2.09. The first-order valence-corrected chi connectivity index (χ1v) is 8.40. The number of benzene rings is 2. The van der Waals surface area contributed by atoms with Gasteiger partial charge in [-0.15, -0.1) is 0 Å². The number of halogens is 1. The van der Waals surface area contributed by atoms with Gasteiger partial charge in [-0.3, -0.25) is 4.79 Å². The second-order valence-corrected chi connectivity index (χ2v) is 5.89. The fourth-order valence-electron chi connectivity index (χ4n) is 2.10. The molecule has 2 aromatic rings.